The molecule has 3 nitrogen and oxygen atoms in total. The zero-order chi connectivity index (χ0) is 10.7. The Morgan fingerprint density at radius 2 is 2.53 bits per heavy atom. The minimum atomic E-state index is 0.274. The number of thiazole rings is 1. The van der Waals surface area contributed by atoms with Crippen molar-refractivity contribution >= 4 is 11.3 Å². The fraction of sp³-hybridized carbons (Fsp3) is 0.727. The van der Waals surface area contributed by atoms with Gasteiger partial charge in [0, 0.05) is 17.6 Å². The van der Waals surface area contributed by atoms with Crippen molar-refractivity contribution in [1.82, 2.24) is 9.88 Å². The second kappa shape index (κ2) is 5.05. The minimum absolute atomic E-state index is 0.274. The van der Waals surface area contributed by atoms with E-state index in [9.17, 15) is 5.11 Å². The summed E-state index contributed by atoms with van der Waals surface area (Å²) < 4.78 is 0. The van der Waals surface area contributed by atoms with Crippen LogP contribution in [0, 0.1) is 0 Å². The summed E-state index contributed by atoms with van der Waals surface area (Å²) in [5.41, 5.74) is 0. The Morgan fingerprint density at radius 1 is 1.67 bits per heavy atom. The molecule has 0 radical (unpaired) electrons. The molecule has 0 aromatic carbocycles. The normalized spacial score (nSPS) is 25.3. The molecule has 84 valence electrons. The highest BCUT2D eigenvalue weighted by molar-refractivity contribution is 7.09. The van der Waals surface area contributed by atoms with E-state index >= 15 is 0 Å². The van der Waals surface area contributed by atoms with Crippen LogP contribution in [0.2, 0.25) is 0 Å². The second-order valence-corrected chi connectivity index (χ2v) is 5.04. The van der Waals surface area contributed by atoms with E-state index in [1.807, 2.05) is 11.6 Å². The zero-order valence-electron chi connectivity index (χ0n) is 9.09. The van der Waals surface area contributed by atoms with Crippen molar-refractivity contribution in [1.29, 1.82) is 0 Å². The molecule has 2 heterocycles. The lowest BCUT2D eigenvalue weighted by molar-refractivity contribution is 0.0587. The summed E-state index contributed by atoms with van der Waals surface area (Å²) in [5, 5.41) is 12.5. The van der Waals surface area contributed by atoms with Crippen LogP contribution in [0.1, 0.15) is 37.2 Å². The van der Waals surface area contributed by atoms with Gasteiger partial charge in [0.2, 0.25) is 0 Å². The van der Waals surface area contributed by atoms with E-state index in [4.69, 9.17) is 0 Å². The van der Waals surface area contributed by atoms with Gasteiger partial charge in [-0.1, -0.05) is 6.42 Å². The van der Waals surface area contributed by atoms with Crippen molar-refractivity contribution in [3.05, 3.63) is 16.6 Å². The fourth-order valence-corrected chi connectivity index (χ4v) is 3.03. The van der Waals surface area contributed by atoms with Crippen LogP contribution in [0.15, 0.2) is 11.6 Å². The maximum Gasteiger partial charge on any atom is 0.109 e. The van der Waals surface area contributed by atoms with Gasteiger partial charge in [-0.3, -0.25) is 4.90 Å². The second-order valence-electron chi connectivity index (χ2n) is 4.12. The lowest BCUT2D eigenvalue weighted by Gasteiger charge is -2.38. The van der Waals surface area contributed by atoms with Crippen LogP contribution in [-0.2, 0) is 0 Å². The van der Waals surface area contributed by atoms with Gasteiger partial charge < -0.3 is 5.11 Å². The SMILES string of the molecule is C[C@H](c1nccs1)N1CCCC[C@@H]1CO. The number of piperidine rings is 1. The predicted octanol–water partition coefficient (Wildman–Crippen LogP) is 2.05. The first kappa shape index (κ1) is 11.0. The number of aliphatic hydroxyl groups excluding tert-OH is 1. The number of nitrogens with zero attached hydrogens (tertiary/aromatic N) is 2. The van der Waals surface area contributed by atoms with Crippen LogP contribution >= 0.6 is 11.3 Å². The Bertz CT molecular complexity index is 289. The van der Waals surface area contributed by atoms with Crippen LogP contribution in [0.5, 0.6) is 0 Å². The van der Waals surface area contributed by atoms with Crippen molar-refractivity contribution in [3.8, 4) is 0 Å². The van der Waals surface area contributed by atoms with Crippen LogP contribution in [-0.4, -0.2) is 34.2 Å². The summed E-state index contributed by atoms with van der Waals surface area (Å²) in [6.45, 7) is 3.55. The quantitative estimate of drug-likeness (QED) is 0.857. The molecule has 0 aliphatic carbocycles. The van der Waals surface area contributed by atoms with Gasteiger partial charge in [-0.15, -0.1) is 11.3 Å². The molecule has 1 N–H and O–H groups in total. The van der Waals surface area contributed by atoms with Crippen molar-refractivity contribution in [2.45, 2.75) is 38.3 Å². The summed E-state index contributed by atoms with van der Waals surface area (Å²) in [6.07, 6.45) is 5.46. The molecule has 1 saturated heterocycles. The number of hydrogen-bond acceptors (Lipinski definition) is 4. The highest BCUT2D eigenvalue weighted by Crippen LogP contribution is 2.28. The van der Waals surface area contributed by atoms with Gasteiger partial charge in [0.15, 0.2) is 0 Å². The molecule has 1 fully saturated rings. The first-order valence-electron chi connectivity index (χ1n) is 5.59. The molecule has 1 aromatic rings. The van der Waals surface area contributed by atoms with Crippen LogP contribution < -0.4 is 0 Å². The molecule has 0 unspecified atom stereocenters. The van der Waals surface area contributed by atoms with Crippen LogP contribution in [0.3, 0.4) is 0 Å². The first-order chi connectivity index (χ1) is 7.33. The number of aromatic nitrogens is 1. The molecule has 1 aliphatic heterocycles. The molecule has 15 heavy (non-hydrogen) atoms. The standard InChI is InChI=1S/C11H18N2OS/c1-9(11-12-5-7-15-11)13-6-3-2-4-10(13)8-14/h5,7,9-10,14H,2-4,6,8H2,1H3/t9-,10-/m1/s1. The highest BCUT2D eigenvalue weighted by atomic mass is 32.1. The third-order valence-electron chi connectivity index (χ3n) is 3.19. The summed E-state index contributed by atoms with van der Waals surface area (Å²) in [5.74, 6) is 0. The van der Waals surface area contributed by atoms with Crippen molar-refractivity contribution in [2.75, 3.05) is 13.2 Å². The van der Waals surface area contributed by atoms with E-state index in [2.05, 4.69) is 16.8 Å². The third-order valence-corrected chi connectivity index (χ3v) is 4.14. The van der Waals surface area contributed by atoms with E-state index in [-0.39, 0.29) is 6.61 Å². The van der Waals surface area contributed by atoms with Crippen molar-refractivity contribution in [3.63, 3.8) is 0 Å². The summed E-state index contributed by atoms with van der Waals surface area (Å²) in [6, 6.07) is 0.681. The number of likely N-dealkylation sites (tertiary alicyclic amines) is 1. The van der Waals surface area contributed by atoms with Gasteiger partial charge in [-0.2, -0.15) is 0 Å². The summed E-state index contributed by atoms with van der Waals surface area (Å²) in [7, 11) is 0. The molecular formula is C11H18N2OS. The van der Waals surface area contributed by atoms with E-state index in [1.165, 1.54) is 12.8 Å². The molecule has 0 spiro atoms. The molecule has 0 bridgehead atoms. The smallest absolute Gasteiger partial charge is 0.109 e. The van der Waals surface area contributed by atoms with E-state index in [1.54, 1.807) is 11.3 Å². The van der Waals surface area contributed by atoms with Crippen LogP contribution in [0.4, 0.5) is 0 Å². The minimum Gasteiger partial charge on any atom is -0.395 e. The number of aliphatic hydroxyl groups is 1. The average molecular weight is 226 g/mol. The van der Waals surface area contributed by atoms with Gasteiger partial charge >= 0.3 is 0 Å². The third kappa shape index (κ3) is 2.38. The van der Waals surface area contributed by atoms with E-state index < -0.39 is 0 Å². The molecule has 0 amide bonds. The Morgan fingerprint density at radius 3 is 3.20 bits per heavy atom. The topological polar surface area (TPSA) is 36.4 Å². The lowest BCUT2D eigenvalue weighted by Crippen LogP contribution is -2.43. The van der Waals surface area contributed by atoms with E-state index in [0.29, 0.717) is 12.1 Å². The summed E-state index contributed by atoms with van der Waals surface area (Å²) >= 11 is 1.70. The lowest BCUT2D eigenvalue weighted by atomic mass is 10.0. The maximum absolute atomic E-state index is 9.35. The molecule has 4 heteroatoms. The number of rotatable bonds is 3. The summed E-state index contributed by atoms with van der Waals surface area (Å²) in [4.78, 5) is 6.75. The molecule has 0 saturated carbocycles. The molecule has 2 rings (SSSR count). The first-order valence-corrected chi connectivity index (χ1v) is 6.47. The fourth-order valence-electron chi connectivity index (χ4n) is 2.31. The Kier molecular flexibility index (Phi) is 3.72. The Hall–Kier alpha value is -0.450. The average Bonchev–Trinajstić information content (AvgIpc) is 2.81. The van der Waals surface area contributed by atoms with Gasteiger partial charge in [-0.05, 0) is 26.3 Å². The van der Waals surface area contributed by atoms with Gasteiger partial charge in [0.1, 0.15) is 5.01 Å². The zero-order valence-corrected chi connectivity index (χ0v) is 9.91. The number of hydrogen-bond donors (Lipinski definition) is 1. The Balaban J connectivity index is 2.07. The van der Waals surface area contributed by atoms with Crippen molar-refractivity contribution in [2.24, 2.45) is 0 Å². The molecule has 1 aromatic heterocycles. The highest BCUT2D eigenvalue weighted by Gasteiger charge is 2.27. The van der Waals surface area contributed by atoms with Gasteiger partial charge in [0.05, 0.1) is 12.6 Å². The molecule has 1 aliphatic rings. The van der Waals surface area contributed by atoms with Gasteiger partial charge in [0.25, 0.3) is 0 Å². The van der Waals surface area contributed by atoms with E-state index in [0.717, 1.165) is 18.0 Å². The molecular weight excluding hydrogens is 208 g/mol. The van der Waals surface area contributed by atoms with Crippen molar-refractivity contribution < 1.29 is 5.11 Å². The predicted molar refractivity (Wildman–Crippen MR) is 62.0 cm³/mol. The largest absolute Gasteiger partial charge is 0.395 e. The monoisotopic (exact) mass is 226 g/mol. The van der Waals surface area contributed by atoms with Crippen LogP contribution in [0.25, 0.3) is 0 Å². The maximum atomic E-state index is 9.35. The molecule has 2 atom stereocenters. The Labute approximate surface area is 94.8 Å². The van der Waals surface area contributed by atoms with Gasteiger partial charge in [-0.25, -0.2) is 4.98 Å².